The van der Waals surface area contributed by atoms with Crippen molar-refractivity contribution in [2.75, 3.05) is 6.61 Å². The molecule has 7 nitrogen and oxygen atoms in total. The van der Waals surface area contributed by atoms with Crippen molar-refractivity contribution in [2.45, 2.75) is 95.4 Å². The largest absolute Gasteiger partial charge is 0.394 e. The predicted molar refractivity (Wildman–Crippen MR) is 124 cm³/mol. The maximum atomic E-state index is 13.6. The number of halogens is 3. The lowest BCUT2D eigenvalue weighted by Gasteiger charge is -2.70. The molecule has 0 spiro atoms. The Kier molecular flexibility index (Phi) is 4.68. The van der Waals surface area contributed by atoms with Crippen LogP contribution in [0.5, 0.6) is 0 Å². The van der Waals surface area contributed by atoms with Gasteiger partial charge >= 0.3 is 6.18 Å². The molecule has 0 N–H and O–H groups in total. The molecule has 0 amide bonds. The molecular weight excluding hydrogens is 469 g/mol. The van der Waals surface area contributed by atoms with Crippen LogP contribution in [0.4, 0.5) is 13.2 Å². The maximum Gasteiger partial charge on any atom is 0.394 e. The summed E-state index contributed by atoms with van der Waals surface area (Å²) in [4.78, 5) is 19.2. The number of hydrogen-bond acceptors (Lipinski definition) is 6. The van der Waals surface area contributed by atoms with Crippen molar-refractivity contribution in [3.8, 4) is 0 Å². The molecule has 10 heteroatoms. The molecule has 8 rings (SSSR count). The van der Waals surface area contributed by atoms with Gasteiger partial charge in [0.25, 0.3) is 0 Å². The predicted octanol–water partition coefficient (Wildman–Crippen LogP) is 5.19. The first-order valence-corrected chi connectivity index (χ1v) is 12.9. The second-order valence-corrected chi connectivity index (χ2v) is 11.4. The van der Waals surface area contributed by atoms with Gasteiger partial charge in [-0.15, -0.1) is 0 Å². The first-order chi connectivity index (χ1) is 17.2. The summed E-state index contributed by atoms with van der Waals surface area (Å²) in [6.07, 6.45) is 2.75. The summed E-state index contributed by atoms with van der Waals surface area (Å²) in [6, 6.07) is 0. The van der Waals surface area contributed by atoms with Crippen LogP contribution < -0.4 is 0 Å². The fraction of sp³-hybridized carbons (Fsp3) is 0.654. The van der Waals surface area contributed by atoms with Crippen LogP contribution >= 0.6 is 0 Å². The molecule has 36 heavy (non-hydrogen) atoms. The fourth-order valence-electron chi connectivity index (χ4n) is 6.98. The molecule has 2 atom stereocenters. The standard InChI is InChI=1S/C26H29F3N6O/c1-14-15(2)32-23-20(31-14)21(24-11-25(12-24,13-24)26(27,28)29)33-22(34-23)16-6-8-36-19(9-16)17-10-30-35-7-4-3-5-18(17)35/h10,16,19H,3-9,11-13H2,1-2H3. The van der Waals surface area contributed by atoms with Crippen LogP contribution in [0.3, 0.4) is 0 Å². The average Bonchev–Trinajstić information content (AvgIpc) is 3.22. The van der Waals surface area contributed by atoms with E-state index in [1.165, 1.54) is 5.69 Å². The molecule has 1 saturated heterocycles. The highest BCUT2D eigenvalue weighted by Crippen LogP contribution is 2.78. The number of fused-ring (bicyclic) bond motifs is 2. The fourth-order valence-corrected chi connectivity index (χ4v) is 6.98. The first-order valence-electron chi connectivity index (χ1n) is 12.9. The van der Waals surface area contributed by atoms with Crippen molar-refractivity contribution in [1.82, 2.24) is 29.7 Å². The Hall–Kier alpha value is -2.62. The van der Waals surface area contributed by atoms with Gasteiger partial charge in [-0.2, -0.15) is 18.3 Å². The zero-order valence-corrected chi connectivity index (χ0v) is 20.5. The van der Waals surface area contributed by atoms with Crippen molar-refractivity contribution in [3.05, 3.63) is 40.4 Å². The number of rotatable bonds is 3. The lowest BCUT2D eigenvalue weighted by Crippen LogP contribution is -2.70. The number of nitrogens with zero attached hydrogens (tertiary/aromatic N) is 6. The maximum absolute atomic E-state index is 13.6. The monoisotopic (exact) mass is 498 g/mol. The molecule has 3 aromatic rings. The summed E-state index contributed by atoms with van der Waals surface area (Å²) in [5.41, 5.74) is 3.54. The zero-order chi connectivity index (χ0) is 24.9. The minimum absolute atomic E-state index is 0.0402. The number of aryl methyl sites for hydroxylation is 3. The molecule has 3 aromatic heterocycles. The minimum Gasteiger partial charge on any atom is -0.373 e. The topological polar surface area (TPSA) is 78.6 Å². The molecule has 0 aromatic carbocycles. The molecule has 5 aliphatic rings. The summed E-state index contributed by atoms with van der Waals surface area (Å²) in [7, 11) is 0. The highest BCUT2D eigenvalue weighted by Gasteiger charge is 2.79. The van der Waals surface area contributed by atoms with E-state index in [9.17, 15) is 13.2 Å². The van der Waals surface area contributed by atoms with Crippen molar-refractivity contribution in [3.63, 3.8) is 0 Å². The van der Waals surface area contributed by atoms with Crippen LogP contribution in [-0.2, 0) is 23.1 Å². The van der Waals surface area contributed by atoms with Gasteiger partial charge in [0.05, 0.1) is 34.8 Å². The molecule has 5 heterocycles. The van der Waals surface area contributed by atoms with Gasteiger partial charge in [-0.05, 0) is 65.2 Å². The van der Waals surface area contributed by atoms with Crippen LogP contribution in [0.15, 0.2) is 6.20 Å². The molecule has 3 saturated carbocycles. The lowest BCUT2D eigenvalue weighted by molar-refractivity contribution is -0.337. The van der Waals surface area contributed by atoms with E-state index in [0.717, 1.165) is 55.6 Å². The summed E-state index contributed by atoms with van der Waals surface area (Å²) >= 11 is 0. The lowest BCUT2D eigenvalue weighted by atomic mass is 9.34. The van der Waals surface area contributed by atoms with Gasteiger partial charge in [-0.3, -0.25) is 4.68 Å². The number of ether oxygens (including phenoxy) is 1. The Morgan fingerprint density at radius 3 is 2.58 bits per heavy atom. The number of alkyl halides is 3. The highest BCUT2D eigenvalue weighted by atomic mass is 19.4. The zero-order valence-electron chi connectivity index (χ0n) is 20.5. The molecule has 2 unspecified atom stereocenters. The molecule has 4 fully saturated rings. The van der Waals surface area contributed by atoms with E-state index < -0.39 is 17.0 Å². The van der Waals surface area contributed by atoms with Gasteiger partial charge < -0.3 is 4.74 Å². The van der Waals surface area contributed by atoms with Gasteiger partial charge in [0, 0.05) is 35.7 Å². The van der Waals surface area contributed by atoms with E-state index >= 15 is 0 Å². The Labute approximate surface area is 206 Å². The number of aromatic nitrogens is 6. The molecule has 3 aliphatic carbocycles. The van der Waals surface area contributed by atoms with Gasteiger partial charge in [0.2, 0.25) is 0 Å². The quantitative estimate of drug-likeness (QED) is 0.495. The van der Waals surface area contributed by atoms with Crippen LogP contribution in [-0.4, -0.2) is 42.5 Å². The Balaban J connectivity index is 1.25. The molecule has 2 aliphatic heterocycles. The van der Waals surface area contributed by atoms with Crippen LogP contribution in [0.25, 0.3) is 11.2 Å². The van der Waals surface area contributed by atoms with Gasteiger partial charge in [-0.25, -0.2) is 19.9 Å². The summed E-state index contributed by atoms with van der Waals surface area (Å²) < 4.78 is 49.2. The Bertz CT molecular complexity index is 1360. The second-order valence-electron chi connectivity index (χ2n) is 11.4. The van der Waals surface area contributed by atoms with Crippen molar-refractivity contribution < 1.29 is 17.9 Å². The van der Waals surface area contributed by atoms with Crippen LogP contribution in [0, 0.1) is 19.3 Å². The highest BCUT2D eigenvalue weighted by molar-refractivity contribution is 5.75. The van der Waals surface area contributed by atoms with Gasteiger partial charge in [-0.1, -0.05) is 0 Å². The van der Waals surface area contributed by atoms with E-state index in [0.29, 0.717) is 29.3 Å². The van der Waals surface area contributed by atoms with Crippen LogP contribution in [0.1, 0.15) is 91.1 Å². The van der Waals surface area contributed by atoms with E-state index in [1.54, 1.807) is 0 Å². The van der Waals surface area contributed by atoms with Crippen molar-refractivity contribution >= 4 is 11.2 Å². The molecule has 0 radical (unpaired) electrons. The van der Waals surface area contributed by atoms with E-state index in [4.69, 9.17) is 24.7 Å². The van der Waals surface area contributed by atoms with Gasteiger partial charge in [0.1, 0.15) is 11.3 Å². The first kappa shape index (κ1) is 22.6. The normalized spacial score (nSPS) is 31.6. The second kappa shape index (κ2) is 7.46. The summed E-state index contributed by atoms with van der Waals surface area (Å²) in [6.45, 7) is 5.28. The summed E-state index contributed by atoms with van der Waals surface area (Å²) in [5.74, 6) is 0.702. The van der Waals surface area contributed by atoms with E-state index in [1.807, 2.05) is 20.0 Å². The number of hydrogen-bond donors (Lipinski definition) is 0. The Morgan fingerprint density at radius 1 is 1.03 bits per heavy atom. The SMILES string of the molecule is Cc1nc2nc(C3CCOC(c4cnn5c4CCCC5)C3)nc(C34CC(C(F)(F)F)(C3)C4)c2nc1C. The van der Waals surface area contributed by atoms with E-state index in [-0.39, 0.29) is 31.3 Å². The van der Waals surface area contributed by atoms with Crippen molar-refractivity contribution in [1.29, 1.82) is 0 Å². The summed E-state index contributed by atoms with van der Waals surface area (Å²) in [5, 5.41) is 4.58. The average molecular weight is 499 g/mol. The van der Waals surface area contributed by atoms with Crippen molar-refractivity contribution in [2.24, 2.45) is 5.41 Å². The third-order valence-corrected chi connectivity index (χ3v) is 9.10. The molecule has 2 bridgehead atoms. The third-order valence-electron chi connectivity index (χ3n) is 9.10. The molecule has 190 valence electrons. The Morgan fingerprint density at radius 2 is 1.81 bits per heavy atom. The van der Waals surface area contributed by atoms with Crippen LogP contribution in [0.2, 0.25) is 0 Å². The van der Waals surface area contributed by atoms with E-state index in [2.05, 4.69) is 9.78 Å². The molecular formula is C26H29F3N6O. The minimum atomic E-state index is -4.17. The van der Waals surface area contributed by atoms with Gasteiger partial charge in [0.15, 0.2) is 5.65 Å². The third kappa shape index (κ3) is 3.12. The smallest absolute Gasteiger partial charge is 0.373 e.